The number of carbonyl (C=O) groups is 2. The minimum Gasteiger partial charge on any atom is -0.493 e. The Hall–Kier alpha value is -5.19. The third-order valence-corrected chi connectivity index (χ3v) is 5.76. The molecular weight excluding hydrogens is 506 g/mol. The first-order chi connectivity index (χ1) is 18.9. The Kier molecular flexibility index (Phi) is 8.52. The molecule has 0 unspecified atom stereocenters. The van der Waals surface area contributed by atoms with E-state index in [4.69, 9.17) is 38.7 Å². The lowest BCUT2D eigenvalue weighted by Gasteiger charge is -2.13. The molecule has 5 rings (SSSR count). The molecule has 39 heavy (non-hydrogen) atoms. The average Bonchev–Trinajstić information content (AvgIpc) is 3.57. The summed E-state index contributed by atoms with van der Waals surface area (Å²) in [5.74, 6) is 0.0589. The van der Waals surface area contributed by atoms with Crippen molar-refractivity contribution in [3.63, 3.8) is 0 Å². The number of fused-ring (bicyclic) bond motifs is 1. The summed E-state index contributed by atoms with van der Waals surface area (Å²) in [5.41, 5.74) is 4.17. The molecule has 2 heterocycles. The molecule has 0 amide bonds. The number of nitrogens with zero attached hydrogens (tertiary/aromatic N) is 2. The van der Waals surface area contributed by atoms with Crippen LogP contribution in [0.1, 0.15) is 11.1 Å². The van der Waals surface area contributed by atoms with E-state index in [1.54, 1.807) is 7.11 Å². The molecule has 3 N–H and O–H groups in total. The van der Waals surface area contributed by atoms with Crippen molar-refractivity contribution >= 4 is 17.9 Å². The normalized spacial score (nSPS) is 11.2. The third kappa shape index (κ3) is 6.77. The lowest BCUT2D eigenvalue weighted by atomic mass is 10.1. The van der Waals surface area contributed by atoms with Crippen LogP contribution in [0.5, 0.6) is 23.0 Å². The molecule has 0 fully saturated rings. The molecule has 0 atom stereocenters. The van der Waals surface area contributed by atoms with Gasteiger partial charge in [-0.15, -0.1) is 0 Å². The highest BCUT2D eigenvalue weighted by molar-refractivity contribution is 6.27. The first-order valence-corrected chi connectivity index (χ1v) is 11.8. The van der Waals surface area contributed by atoms with Gasteiger partial charge >= 0.3 is 11.9 Å². The van der Waals surface area contributed by atoms with Crippen molar-refractivity contribution in [3.8, 4) is 34.3 Å². The van der Waals surface area contributed by atoms with Gasteiger partial charge in [0.1, 0.15) is 6.61 Å². The molecule has 0 aliphatic carbocycles. The standard InChI is InChI=1S/C26H25N3O4.C2H2O4/c1-29-21(20-9-11-23-25(13-20)33-17-32-23)15-28-26(29)27-14-19-8-10-22(24(12-19)30-2)31-16-18-6-4-3-5-7-18;3-1(4)2(5)6/h3-13,15H,14,16-17H2,1-2H3,(H,27,28);(H,3,4)(H,5,6). The number of methoxy groups -OCH3 is 1. The van der Waals surface area contributed by atoms with Crippen LogP contribution in [0, 0.1) is 0 Å². The van der Waals surface area contributed by atoms with E-state index in [1.165, 1.54) is 0 Å². The highest BCUT2D eigenvalue weighted by Gasteiger charge is 2.16. The van der Waals surface area contributed by atoms with Gasteiger partial charge in [0.2, 0.25) is 12.7 Å². The Morgan fingerprint density at radius 2 is 1.69 bits per heavy atom. The number of carboxylic acid groups (broad SMARTS) is 2. The number of aliphatic carboxylic acids is 2. The molecule has 0 bridgehead atoms. The maximum absolute atomic E-state index is 9.10. The van der Waals surface area contributed by atoms with Crippen LogP contribution in [0.4, 0.5) is 5.95 Å². The Labute approximate surface area is 224 Å². The lowest BCUT2D eigenvalue weighted by Crippen LogP contribution is -2.09. The fourth-order valence-corrected chi connectivity index (χ4v) is 3.76. The maximum Gasteiger partial charge on any atom is 0.414 e. The van der Waals surface area contributed by atoms with Crippen molar-refractivity contribution in [3.05, 3.63) is 84.1 Å². The van der Waals surface area contributed by atoms with Crippen LogP contribution >= 0.6 is 0 Å². The molecular formula is C28H27N3O8. The van der Waals surface area contributed by atoms with E-state index in [0.717, 1.165) is 39.8 Å². The van der Waals surface area contributed by atoms with Crippen LogP contribution in [-0.4, -0.2) is 45.6 Å². The minimum absolute atomic E-state index is 0.260. The van der Waals surface area contributed by atoms with Crippen LogP contribution in [0.2, 0.25) is 0 Å². The topological polar surface area (TPSA) is 141 Å². The van der Waals surface area contributed by atoms with E-state index in [1.807, 2.05) is 84.5 Å². The number of imidazole rings is 1. The number of hydrogen-bond donors (Lipinski definition) is 3. The summed E-state index contributed by atoms with van der Waals surface area (Å²) in [6.45, 7) is 1.35. The second kappa shape index (κ2) is 12.4. The monoisotopic (exact) mass is 533 g/mol. The van der Waals surface area contributed by atoms with Gasteiger partial charge in [-0.05, 0) is 41.5 Å². The second-order valence-corrected chi connectivity index (χ2v) is 8.32. The predicted molar refractivity (Wildman–Crippen MR) is 141 cm³/mol. The molecule has 3 aromatic carbocycles. The molecule has 1 aliphatic rings. The van der Waals surface area contributed by atoms with Crippen LogP contribution in [0.3, 0.4) is 0 Å². The maximum atomic E-state index is 9.10. The van der Waals surface area contributed by atoms with Crippen LogP contribution in [0.15, 0.2) is 72.9 Å². The summed E-state index contributed by atoms with van der Waals surface area (Å²) < 4.78 is 24.4. The van der Waals surface area contributed by atoms with Crippen LogP contribution in [-0.2, 0) is 29.8 Å². The van der Waals surface area contributed by atoms with E-state index < -0.39 is 11.9 Å². The van der Waals surface area contributed by atoms with E-state index >= 15 is 0 Å². The zero-order valence-electron chi connectivity index (χ0n) is 21.3. The van der Waals surface area contributed by atoms with E-state index in [2.05, 4.69) is 10.3 Å². The molecule has 0 radical (unpaired) electrons. The molecule has 1 aromatic heterocycles. The van der Waals surface area contributed by atoms with Crippen molar-refractivity contribution in [2.45, 2.75) is 13.2 Å². The highest BCUT2D eigenvalue weighted by Crippen LogP contribution is 2.36. The van der Waals surface area contributed by atoms with Crippen LogP contribution in [0.25, 0.3) is 11.3 Å². The molecule has 11 heteroatoms. The Bertz CT molecular complexity index is 1440. The quantitative estimate of drug-likeness (QED) is 0.283. The van der Waals surface area contributed by atoms with Gasteiger partial charge < -0.3 is 39.0 Å². The van der Waals surface area contributed by atoms with Crippen molar-refractivity contribution < 1.29 is 38.7 Å². The van der Waals surface area contributed by atoms with E-state index in [-0.39, 0.29) is 6.79 Å². The molecule has 4 aromatic rings. The van der Waals surface area contributed by atoms with Gasteiger partial charge in [0.05, 0.1) is 19.0 Å². The number of hydrogen-bond acceptors (Lipinski definition) is 8. The zero-order chi connectivity index (χ0) is 27.8. The summed E-state index contributed by atoms with van der Waals surface area (Å²) in [7, 11) is 3.63. The molecule has 0 spiro atoms. The van der Waals surface area contributed by atoms with E-state index in [0.29, 0.717) is 24.7 Å². The number of anilines is 1. The molecule has 11 nitrogen and oxygen atoms in total. The summed E-state index contributed by atoms with van der Waals surface area (Å²) in [6, 6.07) is 21.9. The first kappa shape index (κ1) is 26.9. The lowest BCUT2D eigenvalue weighted by molar-refractivity contribution is -0.159. The number of aromatic nitrogens is 2. The number of benzene rings is 3. The molecule has 202 valence electrons. The fourth-order valence-electron chi connectivity index (χ4n) is 3.76. The molecule has 1 aliphatic heterocycles. The minimum atomic E-state index is -1.82. The summed E-state index contributed by atoms with van der Waals surface area (Å²) in [6.07, 6.45) is 1.85. The van der Waals surface area contributed by atoms with Crippen molar-refractivity contribution in [1.29, 1.82) is 0 Å². The smallest absolute Gasteiger partial charge is 0.414 e. The summed E-state index contributed by atoms with van der Waals surface area (Å²) in [4.78, 5) is 22.7. The van der Waals surface area contributed by atoms with Gasteiger partial charge in [-0.3, -0.25) is 0 Å². The largest absolute Gasteiger partial charge is 0.493 e. The summed E-state index contributed by atoms with van der Waals surface area (Å²) in [5, 5.41) is 18.2. The number of carboxylic acids is 2. The SMILES string of the molecule is COc1cc(CNc2ncc(-c3ccc4c(c3)OCO4)n2C)ccc1OCc1ccccc1.O=C(O)C(=O)O. The van der Waals surface area contributed by atoms with Gasteiger partial charge in [-0.25, -0.2) is 14.6 Å². The van der Waals surface area contributed by atoms with Gasteiger partial charge in [-0.2, -0.15) is 0 Å². The van der Waals surface area contributed by atoms with Crippen molar-refractivity contribution in [1.82, 2.24) is 9.55 Å². The zero-order valence-corrected chi connectivity index (χ0v) is 21.3. The second-order valence-electron chi connectivity index (χ2n) is 8.32. The van der Waals surface area contributed by atoms with Crippen molar-refractivity contribution in [2.75, 3.05) is 19.2 Å². The predicted octanol–water partition coefficient (Wildman–Crippen LogP) is 4.17. The van der Waals surface area contributed by atoms with Gasteiger partial charge in [0.25, 0.3) is 0 Å². The molecule has 0 saturated heterocycles. The molecule has 0 saturated carbocycles. The average molecular weight is 534 g/mol. The first-order valence-electron chi connectivity index (χ1n) is 11.8. The fraction of sp³-hybridized carbons (Fsp3) is 0.179. The van der Waals surface area contributed by atoms with Gasteiger partial charge in [-0.1, -0.05) is 36.4 Å². The summed E-state index contributed by atoms with van der Waals surface area (Å²) >= 11 is 0. The van der Waals surface area contributed by atoms with Crippen molar-refractivity contribution in [2.24, 2.45) is 7.05 Å². The number of rotatable bonds is 8. The number of ether oxygens (including phenoxy) is 4. The van der Waals surface area contributed by atoms with E-state index in [9.17, 15) is 0 Å². The Morgan fingerprint density at radius 3 is 2.41 bits per heavy atom. The Balaban J connectivity index is 0.000000531. The Morgan fingerprint density at radius 1 is 0.949 bits per heavy atom. The van der Waals surface area contributed by atoms with Crippen LogP contribution < -0.4 is 24.3 Å². The van der Waals surface area contributed by atoms with Gasteiger partial charge in [0, 0.05) is 19.2 Å². The van der Waals surface area contributed by atoms with Gasteiger partial charge in [0.15, 0.2) is 23.0 Å². The number of nitrogens with one attached hydrogen (secondary N) is 1. The third-order valence-electron chi connectivity index (χ3n) is 5.76. The highest BCUT2D eigenvalue weighted by atomic mass is 16.7.